The van der Waals surface area contributed by atoms with Crippen molar-refractivity contribution in [3.63, 3.8) is 0 Å². The largest absolute Gasteiger partial charge is 1.00 e. The maximum atomic E-state index is 10.7. The van der Waals surface area contributed by atoms with Crippen LogP contribution in [0, 0.1) is 6.92 Å². The van der Waals surface area contributed by atoms with Crippen LogP contribution < -0.4 is 40.4 Å². The van der Waals surface area contributed by atoms with Gasteiger partial charge in [-0.15, -0.1) is 0 Å². The molecule has 5 heteroatoms. The van der Waals surface area contributed by atoms with Crippen molar-refractivity contribution in [2.24, 2.45) is 5.73 Å². The molecule has 1 amide bonds. The van der Waals surface area contributed by atoms with E-state index in [1.165, 1.54) is 18.2 Å². The number of rotatable bonds is 2. The Hall–Kier alpha value is -0.840. The topological polar surface area (TPSA) is 83.2 Å². The van der Waals surface area contributed by atoms with Crippen LogP contribution in [-0.2, 0) is 0 Å². The van der Waals surface area contributed by atoms with Crippen LogP contribution in [0.5, 0.6) is 0 Å². The Bertz CT molecular complexity index is 376. The van der Waals surface area contributed by atoms with Gasteiger partial charge >= 0.3 is 29.6 Å². The van der Waals surface area contributed by atoms with Gasteiger partial charge in [0.2, 0.25) is 5.91 Å². The number of aromatic carboxylic acids is 1. The van der Waals surface area contributed by atoms with Crippen LogP contribution in [0.15, 0.2) is 18.2 Å². The minimum absolute atomic E-state index is 0. The minimum atomic E-state index is -1.30. The van der Waals surface area contributed by atoms with Crippen molar-refractivity contribution in [1.29, 1.82) is 0 Å². The van der Waals surface area contributed by atoms with E-state index < -0.39 is 11.9 Å². The number of benzene rings is 1. The zero-order valence-electron chi connectivity index (χ0n) is 8.03. The molecule has 0 aliphatic heterocycles. The standard InChI is InChI=1S/C9H9NO3.Na/c1-5-2-3-6(8(10)11)4-7(5)9(12)13;/h2-4H,1H3,(H2,10,11)(H,12,13);/q;+1/p-1. The van der Waals surface area contributed by atoms with Crippen LogP contribution in [0.4, 0.5) is 0 Å². The molecule has 0 atom stereocenters. The summed E-state index contributed by atoms with van der Waals surface area (Å²) in [6.45, 7) is 1.62. The molecule has 0 aliphatic rings. The second kappa shape index (κ2) is 5.14. The average Bonchev–Trinajstić information content (AvgIpc) is 2.04. The number of primary amides is 1. The minimum Gasteiger partial charge on any atom is -0.545 e. The van der Waals surface area contributed by atoms with Gasteiger partial charge in [0.1, 0.15) is 0 Å². The first kappa shape index (κ1) is 13.2. The maximum Gasteiger partial charge on any atom is 1.00 e. The van der Waals surface area contributed by atoms with E-state index in [1.54, 1.807) is 6.92 Å². The molecule has 68 valence electrons. The normalized spacial score (nSPS) is 8.93. The van der Waals surface area contributed by atoms with Crippen molar-refractivity contribution in [3.8, 4) is 0 Å². The quantitative estimate of drug-likeness (QED) is 0.503. The van der Waals surface area contributed by atoms with Gasteiger partial charge in [0.15, 0.2) is 0 Å². The molecule has 0 spiro atoms. The van der Waals surface area contributed by atoms with E-state index in [0.717, 1.165) is 0 Å². The van der Waals surface area contributed by atoms with Crippen LogP contribution in [0.3, 0.4) is 0 Å². The molecule has 0 radical (unpaired) electrons. The first-order valence-electron chi connectivity index (χ1n) is 3.64. The van der Waals surface area contributed by atoms with Crippen LogP contribution in [0.25, 0.3) is 0 Å². The number of carboxylic acids is 1. The van der Waals surface area contributed by atoms with Crippen molar-refractivity contribution < 1.29 is 44.3 Å². The van der Waals surface area contributed by atoms with E-state index >= 15 is 0 Å². The Kier molecular flexibility index (Phi) is 4.83. The Balaban J connectivity index is 0.00000169. The summed E-state index contributed by atoms with van der Waals surface area (Å²) in [7, 11) is 0. The van der Waals surface area contributed by atoms with Crippen LogP contribution in [0.1, 0.15) is 26.3 Å². The van der Waals surface area contributed by atoms with Gasteiger partial charge in [-0.05, 0) is 24.6 Å². The van der Waals surface area contributed by atoms with E-state index in [4.69, 9.17) is 5.73 Å². The van der Waals surface area contributed by atoms with Crippen molar-refractivity contribution >= 4 is 11.9 Å². The Morgan fingerprint density at radius 2 is 1.93 bits per heavy atom. The summed E-state index contributed by atoms with van der Waals surface area (Å²) in [6.07, 6.45) is 0. The average molecular weight is 201 g/mol. The Labute approximate surface area is 103 Å². The molecule has 4 nitrogen and oxygen atoms in total. The monoisotopic (exact) mass is 201 g/mol. The number of aryl methyl sites for hydroxylation is 1. The molecule has 1 aromatic carbocycles. The number of carbonyl (C=O) groups is 2. The van der Waals surface area contributed by atoms with E-state index in [9.17, 15) is 14.7 Å². The molecule has 1 rings (SSSR count). The van der Waals surface area contributed by atoms with Crippen LogP contribution in [-0.4, -0.2) is 11.9 Å². The summed E-state index contributed by atoms with van der Waals surface area (Å²) in [5.41, 5.74) is 5.69. The first-order valence-corrected chi connectivity index (χ1v) is 3.64. The smallest absolute Gasteiger partial charge is 0.545 e. The zero-order chi connectivity index (χ0) is 10.0. The summed E-state index contributed by atoms with van der Waals surface area (Å²) in [5, 5.41) is 10.5. The van der Waals surface area contributed by atoms with Crippen molar-refractivity contribution in [1.82, 2.24) is 0 Å². The summed E-state index contributed by atoms with van der Waals surface area (Å²) in [4.78, 5) is 21.2. The second-order valence-corrected chi connectivity index (χ2v) is 2.68. The molecule has 14 heavy (non-hydrogen) atoms. The molecule has 0 saturated heterocycles. The second-order valence-electron chi connectivity index (χ2n) is 2.68. The molecule has 1 aromatic rings. The third-order valence-electron chi connectivity index (χ3n) is 1.74. The van der Waals surface area contributed by atoms with Gasteiger partial charge in [0, 0.05) is 11.1 Å². The molecule has 0 fully saturated rings. The van der Waals surface area contributed by atoms with Crippen molar-refractivity contribution in [2.45, 2.75) is 6.92 Å². The number of nitrogens with two attached hydrogens (primary N) is 1. The summed E-state index contributed by atoms with van der Waals surface area (Å²) < 4.78 is 0. The van der Waals surface area contributed by atoms with Crippen LogP contribution >= 0.6 is 0 Å². The molecule has 0 saturated carbocycles. The zero-order valence-corrected chi connectivity index (χ0v) is 10.0. The Morgan fingerprint density at radius 1 is 1.36 bits per heavy atom. The number of hydrogen-bond donors (Lipinski definition) is 1. The summed E-state index contributed by atoms with van der Waals surface area (Å²) >= 11 is 0. The molecule has 0 aliphatic carbocycles. The van der Waals surface area contributed by atoms with Gasteiger partial charge in [0.05, 0.1) is 5.97 Å². The number of carbonyl (C=O) groups excluding carboxylic acids is 2. The van der Waals surface area contributed by atoms with Gasteiger partial charge in [-0.1, -0.05) is 6.07 Å². The number of amides is 1. The van der Waals surface area contributed by atoms with Crippen LogP contribution in [0.2, 0.25) is 0 Å². The van der Waals surface area contributed by atoms with E-state index in [2.05, 4.69) is 0 Å². The summed E-state index contributed by atoms with van der Waals surface area (Å²) in [6, 6.07) is 4.21. The first-order chi connectivity index (χ1) is 6.02. The van der Waals surface area contributed by atoms with Gasteiger partial charge in [0.25, 0.3) is 0 Å². The molecule has 2 N–H and O–H groups in total. The van der Waals surface area contributed by atoms with E-state index in [0.29, 0.717) is 5.56 Å². The van der Waals surface area contributed by atoms with Gasteiger partial charge < -0.3 is 15.6 Å². The van der Waals surface area contributed by atoms with Gasteiger partial charge in [-0.2, -0.15) is 0 Å². The molecular weight excluding hydrogens is 193 g/mol. The van der Waals surface area contributed by atoms with Gasteiger partial charge in [-0.3, -0.25) is 4.79 Å². The predicted molar refractivity (Wildman–Crippen MR) is 44.0 cm³/mol. The molecule has 0 bridgehead atoms. The molecule has 0 aromatic heterocycles. The van der Waals surface area contributed by atoms with E-state index in [1.807, 2.05) is 0 Å². The predicted octanol–water partition coefficient (Wildman–Crippen LogP) is -3.54. The fraction of sp³-hybridized carbons (Fsp3) is 0.111. The third-order valence-corrected chi connectivity index (χ3v) is 1.74. The molecule has 0 heterocycles. The third kappa shape index (κ3) is 2.83. The summed E-state index contributed by atoms with van der Waals surface area (Å²) in [5.74, 6) is -1.96. The fourth-order valence-electron chi connectivity index (χ4n) is 0.995. The van der Waals surface area contributed by atoms with Gasteiger partial charge in [-0.25, -0.2) is 0 Å². The maximum absolute atomic E-state index is 10.7. The number of hydrogen-bond acceptors (Lipinski definition) is 3. The van der Waals surface area contributed by atoms with Crippen molar-refractivity contribution in [2.75, 3.05) is 0 Å². The number of carboxylic acid groups (broad SMARTS) is 1. The SMILES string of the molecule is Cc1ccc(C(N)=O)cc1C(=O)[O-].[Na+]. The van der Waals surface area contributed by atoms with Crippen molar-refractivity contribution in [3.05, 3.63) is 34.9 Å². The Morgan fingerprint density at radius 3 is 2.36 bits per heavy atom. The molecular formula is C9H8NNaO3. The molecule has 0 unspecified atom stereocenters. The fourth-order valence-corrected chi connectivity index (χ4v) is 0.995. The van der Waals surface area contributed by atoms with E-state index in [-0.39, 0.29) is 40.7 Å².